The van der Waals surface area contributed by atoms with E-state index in [2.05, 4.69) is 21.3 Å². The number of nitrogens with zero attached hydrogens (tertiary/aromatic N) is 4. The Balaban J connectivity index is 0.790. The van der Waals surface area contributed by atoms with Gasteiger partial charge in [0.1, 0.15) is 17.3 Å². The minimum Gasteiger partial charge on any atom is -0.339 e. The molecule has 2 spiro atoms. The molecule has 4 aliphatic heterocycles. The monoisotopic (exact) mass is 976 g/mol. The molecule has 4 N–H and O–H groups in total. The van der Waals surface area contributed by atoms with Crippen molar-refractivity contribution in [3.63, 3.8) is 0 Å². The van der Waals surface area contributed by atoms with Gasteiger partial charge in [0.05, 0.1) is 22.1 Å². The SMILES string of the molecule is Cn1c(=O)n(C2CCC(=O)NC2=O)c2cccc(CCCC(=O)N3CCN(C(=O)c4ccc(NC(=O)[C@@H]5NC6(CCCCC6)[C@@]6(C(=O)Nc7cc(Cl)ccc76)[C@H]5c5cccc(Cl)c5F)cc4)CC3)c21. The highest BCUT2D eigenvalue weighted by atomic mass is 35.5. The number of imide groups is 1. The van der Waals surface area contributed by atoms with Crippen molar-refractivity contribution in [1.82, 2.24) is 29.6 Å². The van der Waals surface area contributed by atoms with Crippen LogP contribution in [0.2, 0.25) is 10.0 Å². The number of halogens is 3. The van der Waals surface area contributed by atoms with Gasteiger partial charge in [-0.15, -0.1) is 0 Å². The van der Waals surface area contributed by atoms with Gasteiger partial charge in [-0.25, -0.2) is 9.18 Å². The molecule has 1 aromatic heterocycles. The lowest BCUT2D eigenvalue weighted by molar-refractivity contribution is -0.136. The van der Waals surface area contributed by atoms with Crippen LogP contribution in [0, 0.1) is 5.82 Å². The molecule has 5 heterocycles. The van der Waals surface area contributed by atoms with E-state index in [1.165, 1.54) is 15.2 Å². The first-order valence-corrected chi connectivity index (χ1v) is 24.3. The van der Waals surface area contributed by atoms with Crippen LogP contribution >= 0.6 is 23.2 Å². The number of carbonyl (C=O) groups excluding carboxylic acids is 6. The minimum atomic E-state index is -1.38. The summed E-state index contributed by atoms with van der Waals surface area (Å²) in [4.78, 5) is 97.7. The molecular formula is C51H51Cl2FN8O7. The molecular weight excluding hydrogens is 927 g/mol. The van der Waals surface area contributed by atoms with Crippen LogP contribution in [0.5, 0.6) is 0 Å². The lowest BCUT2D eigenvalue weighted by atomic mass is 9.55. The van der Waals surface area contributed by atoms with E-state index < -0.39 is 46.6 Å². The summed E-state index contributed by atoms with van der Waals surface area (Å²) in [6.07, 6.45) is 5.43. The fourth-order valence-corrected chi connectivity index (χ4v) is 12.4. The van der Waals surface area contributed by atoms with Crippen molar-refractivity contribution in [2.45, 2.75) is 93.2 Å². The summed E-state index contributed by atoms with van der Waals surface area (Å²) in [5, 5.41) is 12.3. The van der Waals surface area contributed by atoms with Gasteiger partial charge in [-0.3, -0.25) is 48.5 Å². The molecule has 5 aromatic rings. The van der Waals surface area contributed by atoms with Crippen molar-refractivity contribution in [1.29, 1.82) is 0 Å². The zero-order valence-corrected chi connectivity index (χ0v) is 39.4. The number of aromatic nitrogens is 2. The maximum atomic E-state index is 16.3. The highest BCUT2D eigenvalue weighted by Gasteiger charge is 2.72. The van der Waals surface area contributed by atoms with Crippen LogP contribution in [-0.2, 0) is 42.9 Å². The van der Waals surface area contributed by atoms with Crippen LogP contribution in [0.15, 0.2) is 83.7 Å². The zero-order valence-electron chi connectivity index (χ0n) is 37.9. The highest BCUT2D eigenvalue weighted by Crippen LogP contribution is 2.63. The average Bonchev–Trinajstić information content (AvgIpc) is 3.90. The van der Waals surface area contributed by atoms with Gasteiger partial charge in [0, 0.05) is 79.5 Å². The minimum absolute atomic E-state index is 0.0380. The summed E-state index contributed by atoms with van der Waals surface area (Å²) in [6.45, 7) is 1.39. The van der Waals surface area contributed by atoms with Gasteiger partial charge in [0.15, 0.2) is 0 Å². The summed E-state index contributed by atoms with van der Waals surface area (Å²) < 4.78 is 19.3. The van der Waals surface area contributed by atoms with E-state index in [9.17, 15) is 33.6 Å². The van der Waals surface area contributed by atoms with Crippen LogP contribution < -0.4 is 27.0 Å². The molecule has 1 unspecified atom stereocenters. The largest absolute Gasteiger partial charge is 0.339 e. The fourth-order valence-electron chi connectivity index (χ4n) is 12.0. The first-order chi connectivity index (χ1) is 33.2. The predicted molar refractivity (Wildman–Crippen MR) is 258 cm³/mol. The van der Waals surface area contributed by atoms with E-state index in [0.717, 1.165) is 24.8 Å². The standard InChI is InChI=1S/C51H51Cl2FN8O7/c1-59-44-29(8-5-12-37(44)62(49(59)69)38-20-21-39(63)57-45(38)65)9-6-13-40(64)60-24-26-61(27-25-60)47(67)30-14-17-32(18-15-30)55-46(66)43-41(33-10-7-11-35(53)42(33)54)51(50(58-43)22-3-2-4-23-50)34-19-16-31(52)28-36(34)56-48(51)68/h5,7-8,10-12,14-19,28,38,41,43,58H,2-4,6,9,13,20-27H2,1H3,(H,55,66)(H,56,68)(H,57,63,65)/t38?,41-,43+,51+/m0/s1. The molecule has 358 valence electrons. The molecule has 3 saturated heterocycles. The number of rotatable bonds is 9. The number of piperazine rings is 1. The van der Waals surface area contributed by atoms with Crippen molar-refractivity contribution >= 4 is 81.1 Å². The number of piperidine rings is 1. The maximum absolute atomic E-state index is 16.3. The third-order valence-corrected chi connectivity index (χ3v) is 15.7. The highest BCUT2D eigenvalue weighted by molar-refractivity contribution is 6.31. The number of para-hydroxylation sites is 1. The van der Waals surface area contributed by atoms with E-state index in [1.54, 1.807) is 71.4 Å². The van der Waals surface area contributed by atoms with E-state index >= 15 is 4.39 Å². The molecule has 1 aliphatic carbocycles. The first-order valence-electron chi connectivity index (χ1n) is 23.6. The Kier molecular flexibility index (Phi) is 12.2. The van der Waals surface area contributed by atoms with Crippen molar-refractivity contribution in [3.8, 4) is 0 Å². The maximum Gasteiger partial charge on any atom is 0.329 e. The van der Waals surface area contributed by atoms with Crippen LogP contribution in [0.4, 0.5) is 15.8 Å². The van der Waals surface area contributed by atoms with E-state index in [-0.39, 0.29) is 59.2 Å². The number of aryl methyl sites for hydroxylation is 2. The number of nitrogens with one attached hydrogen (secondary N) is 4. The lowest BCUT2D eigenvalue weighted by Gasteiger charge is -2.47. The Bertz CT molecular complexity index is 3010. The van der Waals surface area contributed by atoms with Crippen LogP contribution in [0.25, 0.3) is 11.0 Å². The van der Waals surface area contributed by atoms with Crippen molar-refractivity contribution < 1.29 is 33.2 Å². The second-order valence-corrected chi connectivity index (χ2v) is 19.7. The molecule has 5 aliphatic rings. The molecule has 0 radical (unpaired) electrons. The molecule has 4 aromatic carbocycles. The number of benzene rings is 4. The molecule has 18 heteroatoms. The normalized spacial score (nSPS) is 23.1. The smallest absolute Gasteiger partial charge is 0.329 e. The van der Waals surface area contributed by atoms with Gasteiger partial charge in [0.25, 0.3) is 5.91 Å². The molecule has 4 fully saturated rings. The Morgan fingerprint density at radius 1 is 0.855 bits per heavy atom. The molecule has 0 bridgehead atoms. The summed E-state index contributed by atoms with van der Waals surface area (Å²) in [7, 11) is 1.65. The van der Waals surface area contributed by atoms with E-state index in [1.807, 2.05) is 18.2 Å². The molecule has 15 nitrogen and oxygen atoms in total. The lowest BCUT2D eigenvalue weighted by Crippen LogP contribution is -2.60. The predicted octanol–water partition coefficient (Wildman–Crippen LogP) is 6.36. The Labute approximate surface area is 406 Å². The van der Waals surface area contributed by atoms with Gasteiger partial charge >= 0.3 is 5.69 Å². The number of imidazole rings is 1. The Morgan fingerprint density at radius 3 is 2.32 bits per heavy atom. The Morgan fingerprint density at radius 2 is 1.58 bits per heavy atom. The number of amides is 6. The van der Waals surface area contributed by atoms with Crippen molar-refractivity contribution in [2.75, 3.05) is 36.8 Å². The number of hydrogen-bond donors (Lipinski definition) is 4. The van der Waals surface area contributed by atoms with Gasteiger partial charge in [-0.2, -0.15) is 0 Å². The number of hydrogen-bond acceptors (Lipinski definition) is 8. The summed E-state index contributed by atoms with van der Waals surface area (Å²) in [5.41, 5.74) is 1.68. The summed E-state index contributed by atoms with van der Waals surface area (Å²) in [5.74, 6) is -3.60. The topological polar surface area (TPSA) is 184 Å². The van der Waals surface area contributed by atoms with Gasteiger partial charge < -0.3 is 20.4 Å². The number of anilines is 2. The fraction of sp³-hybridized carbons (Fsp3) is 0.392. The van der Waals surface area contributed by atoms with Gasteiger partial charge in [-0.05, 0) is 97.3 Å². The zero-order chi connectivity index (χ0) is 48.4. The van der Waals surface area contributed by atoms with E-state index in [4.69, 9.17) is 23.2 Å². The van der Waals surface area contributed by atoms with Gasteiger partial charge in [0.2, 0.25) is 29.5 Å². The first kappa shape index (κ1) is 46.4. The van der Waals surface area contributed by atoms with Gasteiger partial charge in [-0.1, -0.05) is 72.8 Å². The number of fused-ring (bicyclic) bond motifs is 4. The quantitative estimate of drug-likeness (QED) is 0.123. The molecule has 10 rings (SSSR count). The van der Waals surface area contributed by atoms with Crippen LogP contribution in [-0.4, -0.2) is 92.1 Å². The molecule has 69 heavy (non-hydrogen) atoms. The summed E-state index contributed by atoms with van der Waals surface area (Å²) >= 11 is 12.8. The number of carbonyl (C=O) groups is 6. The average molecular weight is 978 g/mol. The Hall–Kier alpha value is -6.36. The molecule has 6 amide bonds. The second kappa shape index (κ2) is 18.2. The van der Waals surface area contributed by atoms with Crippen molar-refractivity contribution in [2.24, 2.45) is 7.05 Å². The second-order valence-electron chi connectivity index (χ2n) is 18.9. The summed E-state index contributed by atoms with van der Waals surface area (Å²) in [6, 6.07) is 20.1. The van der Waals surface area contributed by atoms with Crippen LogP contribution in [0.1, 0.15) is 96.8 Å². The molecule has 4 atom stereocenters. The third-order valence-electron chi connectivity index (χ3n) is 15.2. The van der Waals surface area contributed by atoms with E-state index in [0.29, 0.717) is 90.4 Å². The van der Waals surface area contributed by atoms with Crippen molar-refractivity contribution in [3.05, 3.63) is 127 Å². The third kappa shape index (κ3) is 7.80. The van der Waals surface area contributed by atoms with Crippen LogP contribution in [0.3, 0.4) is 0 Å². The molecule has 1 saturated carbocycles.